The van der Waals surface area contributed by atoms with Gasteiger partial charge in [-0.25, -0.2) is 9.79 Å². The van der Waals surface area contributed by atoms with E-state index in [9.17, 15) is 9.59 Å². The smallest absolute Gasteiger partial charge is 0.338 e. The fourth-order valence-electron chi connectivity index (χ4n) is 4.54. The summed E-state index contributed by atoms with van der Waals surface area (Å²) in [6, 6.07) is 17.8. The van der Waals surface area contributed by atoms with Crippen molar-refractivity contribution in [3.05, 3.63) is 93.7 Å². The standard InChI is InChI=1S/C30H35N3O4S/c1-20(2)23-11-13-24(14-12-23)28-27(29(35)37-16-15-36-5)21(3)31-30-33(28)25(19-38-30)17-26(34)32(4)18-22-9-7-6-8-10-22/h6-14,19-20,28H,15-18H2,1-5H3/t28-/m1/s1. The van der Waals surface area contributed by atoms with Crippen molar-refractivity contribution in [2.24, 2.45) is 4.99 Å². The number of allylic oxidation sites excluding steroid dienone is 1. The van der Waals surface area contributed by atoms with Crippen LogP contribution >= 0.6 is 11.8 Å². The van der Waals surface area contributed by atoms with Gasteiger partial charge >= 0.3 is 5.97 Å². The van der Waals surface area contributed by atoms with E-state index in [0.29, 0.717) is 30.3 Å². The lowest BCUT2D eigenvalue weighted by Crippen LogP contribution is -2.38. The summed E-state index contributed by atoms with van der Waals surface area (Å²) < 4.78 is 10.6. The monoisotopic (exact) mass is 533 g/mol. The summed E-state index contributed by atoms with van der Waals surface area (Å²) >= 11 is 1.47. The van der Waals surface area contributed by atoms with Crippen molar-refractivity contribution in [3.8, 4) is 0 Å². The van der Waals surface area contributed by atoms with E-state index in [1.807, 2.05) is 54.6 Å². The highest BCUT2D eigenvalue weighted by atomic mass is 32.2. The Kier molecular flexibility index (Phi) is 9.07. The third-order valence-electron chi connectivity index (χ3n) is 6.68. The van der Waals surface area contributed by atoms with Gasteiger partial charge in [-0.15, -0.1) is 0 Å². The van der Waals surface area contributed by atoms with Gasteiger partial charge in [-0.1, -0.05) is 80.2 Å². The van der Waals surface area contributed by atoms with Crippen LogP contribution in [0.4, 0.5) is 0 Å². The van der Waals surface area contributed by atoms with Gasteiger partial charge in [0.2, 0.25) is 5.91 Å². The zero-order valence-corrected chi connectivity index (χ0v) is 23.5. The van der Waals surface area contributed by atoms with Gasteiger partial charge < -0.3 is 19.3 Å². The molecule has 2 aromatic rings. The van der Waals surface area contributed by atoms with E-state index in [1.165, 1.54) is 17.3 Å². The molecule has 200 valence electrons. The van der Waals surface area contributed by atoms with E-state index >= 15 is 0 Å². The molecule has 0 N–H and O–H groups in total. The van der Waals surface area contributed by atoms with Gasteiger partial charge in [0.25, 0.3) is 0 Å². The molecule has 0 spiro atoms. The summed E-state index contributed by atoms with van der Waals surface area (Å²) in [5, 5.41) is 2.72. The van der Waals surface area contributed by atoms with Crippen LogP contribution in [0, 0.1) is 0 Å². The summed E-state index contributed by atoms with van der Waals surface area (Å²) in [5.41, 5.74) is 5.13. The number of amidine groups is 1. The molecule has 0 aliphatic carbocycles. The summed E-state index contributed by atoms with van der Waals surface area (Å²) in [6.07, 6.45) is 0.195. The number of methoxy groups -OCH3 is 1. The molecule has 0 aromatic heterocycles. The maximum absolute atomic E-state index is 13.3. The number of benzene rings is 2. The zero-order chi connectivity index (χ0) is 27.2. The van der Waals surface area contributed by atoms with Crippen LogP contribution < -0.4 is 0 Å². The second kappa shape index (κ2) is 12.5. The third-order valence-corrected chi connectivity index (χ3v) is 7.57. The number of carbonyl (C=O) groups excluding carboxylic acids is 2. The molecule has 2 heterocycles. The Hall–Kier alpha value is -3.36. The van der Waals surface area contributed by atoms with Gasteiger partial charge in [-0.05, 0) is 34.9 Å². The summed E-state index contributed by atoms with van der Waals surface area (Å²) in [6.45, 7) is 7.13. The number of hydrogen-bond donors (Lipinski definition) is 0. The summed E-state index contributed by atoms with van der Waals surface area (Å²) in [4.78, 5) is 35.1. The Balaban J connectivity index is 1.63. The Labute approximate surface area is 229 Å². The molecule has 7 nitrogen and oxygen atoms in total. The number of fused-ring (bicyclic) bond motifs is 1. The van der Waals surface area contributed by atoms with Gasteiger partial charge in [-0.3, -0.25) is 4.79 Å². The Morgan fingerprint density at radius 1 is 1.08 bits per heavy atom. The van der Waals surface area contributed by atoms with Crippen LogP contribution in [0.15, 0.2) is 82.0 Å². The molecular weight excluding hydrogens is 498 g/mol. The molecule has 2 aromatic carbocycles. The number of ether oxygens (including phenoxy) is 2. The average Bonchev–Trinajstić information content (AvgIpc) is 3.30. The van der Waals surface area contributed by atoms with Crippen molar-refractivity contribution in [1.29, 1.82) is 0 Å². The average molecular weight is 534 g/mol. The van der Waals surface area contributed by atoms with E-state index in [2.05, 4.69) is 38.1 Å². The van der Waals surface area contributed by atoms with Gasteiger partial charge in [0.05, 0.1) is 30.3 Å². The van der Waals surface area contributed by atoms with E-state index in [0.717, 1.165) is 22.0 Å². The third kappa shape index (κ3) is 6.19. The fourth-order valence-corrected chi connectivity index (χ4v) is 5.50. The zero-order valence-electron chi connectivity index (χ0n) is 22.6. The molecular formula is C30H35N3O4S. The SMILES string of the molecule is COCCOC(=O)C1=C(C)N=C2SC=C(CC(=O)N(C)Cc3ccccc3)N2[C@@H]1c1ccc(C(C)C)cc1. The van der Waals surface area contributed by atoms with Gasteiger partial charge in [0, 0.05) is 26.4 Å². The number of hydrogen-bond acceptors (Lipinski definition) is 7. The lowest BCUT2D eigenvalue weighted by Gasteiger charge is -2.36. The molecule has 1 amide bonds. The normalized spacial score (nSPS) is 16.8. The Bertz CT molecular complexity index is 1250. The Morgan fingerprint density at radius 3 is 2.45 bits per heavy atom. The predicted molar refractivity (Wildman–Crippen MR) is 151 cm³/mol. The minimum atomic E-state index is -0.452. The number of esters is 1. The van der Waals surface area contributed by atoms with Gasteiger partial charge in [0.1, 0.15) is 6.61 Å². The van der Waals surface area contributed by atoms with Crippen LogP contribution in [0.3, 0.4) is 0 Å². The topological polar surface area (TPSA) is 71.4 Å². The predicted octanol–water partition coefficient (Wildman–Crippen LogP) is 5.62. The van der Waals surface area contributed by atoms with Crippen LogP contribution in [-0.4, -0.2) is 54.2 Å². The Morgan fingerprint density at radius 2 is 1.79 bits per heavy atom. The van der Waals surface area contributed by atoms with E-state index in [1.54, 1.807) is 12.0 Å². The first kappa shape index (κ1) is 27.7. The largest absolute Gasteiger partial charge is 0.460 e. The minimum Gasteiger partial charge on any atom is -0.460 e. The van der Waals surface area contributed by atoms with Crippen molar-refractivity contribution in [3.63, 3.8) is 0 Å². The molecule has 4 rings (SSSR count). The highest BCUT2D eigenvalue weighted by molar-refractivity contribution is 8.16. The number of thioether (sulfide) groups is 1. The van der Waals surface area contributed by atoms with Crippen molar-refractivity contribution in [2.45, 2.75) is 45.7 Å². The van der Waals surface area contributed by atoms with Crippen LogP contribution in [0.1, 0.15) is 55.8 Å². The van der Waals surface area contributed by atoms with Crippen molar-refractivity contribution >= 4 is 28.8 Å². The molecule has 2 aliphatic rings. The second-order valence-electron chi connectivity index (χ2n) is 9.76. The van der Waals surface area contributed by atoms with Gasteiger partial charge in [-0.2, -0.15) is 0 Å². The lowest BCUT2D eigenvalue weighted by molar-refractivity contribution is -0.141. The highest BCUT2D eigenvalue weighted by Gasteiger charge is 2.41. The maximum Gasteiger partial charge on any atom is 0.338 e. The van der Waals surface area contributed by atoms with Crippen LogP contribution in [0.2, 0.25) is 0 Å². The minimum absolute atomic E-state index is 0.00800. The molecule has 1 atom stereocenters. The van der Waals surface area contributed by atoms with Gasteiger partial charge in [0.15, 0.2) is 5.17 Å². The molecule has 0 fully saturated rings. The fraction of sp³-hybridized carbons (Fsp3) is 0.367. The lowest BCUT2D eigenvalue weighted by atomic mass is 9.92. The molecule has 0 bridgehead atoms. The molecule has 0 saturated heterocycles. The van der Waals surface area contributed by atoms with E-state index in [-0.39, 0.29) is 18.9 Å². The summed E-state index contributed by atoms with van der Waals surface area (Å²) in [7, 11) is 3.38. The molecule has 38 heavy (non-hydrogen) atoms. The van der Waals surface area contributed by atoms with E-state index in [4.69, 9.17) is 14.5 Å². The molecule has 2 aliphatic heterocycles. The number of rotatable bonds is 10. The van der Waals surface area contributed by atoms with Crippen molar-refractivity contribution in [2.75, 3.05) is 27.4 Å². The first-order valence-electron chi connectivity index (χ1n) is 12.8. The quantitative estimate of drug-likeness (QED) is 0.292. The first-order valence-corrected chi connectivity index (χ1v) is 13.7. The summed E-state index contributed by atoms with van der Waals surface area (Å²) in [5.74, 6) is -0.0470. The molecule has 0 saturated carbocycles. The van der Waals surface area contributed by atoms with Crippen molar-refractivity contribution < 1.29 is 19.1 Å². The first-order chi connectivity index (χ1) is 18.3. The number of nitrogens with zero attached hydrogens (tertiary/aromatic N) is 3. The molecule has 0 unspecified atom stereocenters. The number of aliphatic imine (C=N–C) groups is 1. The maximum atomic E-state index is 13.3. The highest BCUT2D eigenvalue weighted by Crippen LogP contribution is 2.45. The van der Waals surface area contributed by atoms with Crippen LogP contribution in [0.25, 0.3) is 0 Å². The number of amides is 1. The van der Waals surface area contributed by atoms with Crippen LogP contribution in [-0.2, 0) is 25.6 Å². The molecule has 0 radical (unpaired) electrons. The van der Waals surface area contributed by atoms with E-state index < -0.39 is 12.0 Å². The number of carbonyl (C=O) groups is 2. The molecule has 8 heteroatoms. The van der Waals surface area contributed by atoms with Crippen LogP contribution in [0.5, 0.6) is 0 Å². The second-order valence-corrected chi connectivity index (χ2v) is 10.6. The van der Waals surface area contributed by atoms with Crippen molar-refractivity contribution in [1.82, 2.24) is 9.80 Å².